The number of pyridine rings is 1. The van der Waals surface area contributed by atoms with Crippen molar-refractivity contribution in [3.05, 3.63) is 71.7 Å². The molecule has 3 nitrogen and oxygen atoms in total. The van der Waals surface area contributed by atoms with Crippen molar-refractivity contribution in [3.63, 3.8) is 0 Å². The number of halogens is 1. The van der Waals surface area contributed by atoms with Gasteiger partial charge in [0.25, 0.3) is 5.91 Å². The number of carbonyl (C=O) groups is 1. The summed E-state index contributed by atoms with van der Waals surface area (Å²) in [4.78, 5) is 16.6. The Morgan fingerprint density at radius 1 is 1.00 bits per heavy atom. The van der Waals surface area contributed by atoms with Crippen LogP contribution in [0.25, 0.3) is 10.8 Å². The van der Waals surface area contributed by atoms with Crippen molar-refractivity contribution >= 4 is 22.5 Å². The van der Waals surface area contributed by atoms with Gasteiger partial charge >= 0.3 is 0 Å². The van der Waals surface area contributed by atoms with Crippen molar-refractivity contribution in [1.82, 2.24) is 4.98 Å². The van der Waals surface area contributed by atoms with Gasteiger partial charge in [-0.05, 0) is 36.6 Å². The lowest BCUT2D eigenvalue weighted by Crippen LogP contribution is -2.13. The van der Waals surface area contributed by atoms with E-state index in [9.17, 15) is 9.18 Å². The summed E-state index contributed by atoms with van der Waals surface area (Å²) in [5.41, 5.74) is 1.24. The SMILES string of the molecule is Cc1cccc(NC(=O)c2ccc(F)c3ccccc23)n1. The fourth-order valence-electron chi connectivity index (χ4n) is 2.26. The molecule has 1 N–H and O–H groups in total. The number of aromatic nitrogens is 1. The van der Waals surface area contributed by atoms with E-state index in [1.807, 2.05) is 19.1 Å². The standard InChI is InChI=1S/C17H13FN2O/c1-11-5-4-8-16(19-11)20-17(21)14-9-10-15(18)13-7-3-2-6-12(13)14/h2-10H,1H3,(H,19,20,21). The number of hydrogen-bond acceptors (Lipinski definition) is 2. The Kier molecular flexibility index (Phi) is 3.36. The molecule has 0 saturated carbocycles. The number of nitrogens with zero attached hydrogens (tertiary/aromatic N) is 1. The normalized spacial score (nSPS) is 10.6. The molecule has 21 heavy (non-hydrogen) atoms. The van der Waals surface area contributed by atoms with Crippen LogP contribution in [0.5, 0.6) is 0 Å². The molecule has 2 aromatic carbocycles. The minimum atomic E-state index is -0.337. The molecule has 0 bridgehead atoms. The summed E-state index contributed by atoms with van der Waals surface area (Å²) >= 11 is 0. The van der Waals surface area contributed by atoms with Gasteiger partial charge in [0, 0.05) is 16.6 Å². The van der Waals surface area contributed by atoms with Gasteiger partial charge in [-0.3, -0.25) is 4.79 Å². The van der Waals surface area contributed by atoms with Crippen LogP contribution in [0.1, 0.15) is 16.1 Å². The van der Waals surface area contributed by atoms with Crippen LogP contribution in [0.4, 0.5) is 10.2 Å². The number of hydrogen-bond donors (Lipinski definition) is 1. The van der Waals surface area contributed by atoms with Crippen LogP contribution in [-0.4, -0.2) is 10.9 Å². The maximum absolute atomic E-state index is 13.8. The van der Waals surface area contributed by atoms with Gasteiger partial charge in [0.1, 0.15) is 11.6 Å². The molecule has 0 aliphatic heterocycles. The zero-order valence-corrected chi connectivity index (χ0v) is 11.4. The molecular formula is C17H13FN2O. The van der Waals surface area contributed by atoms with Gasteiger partial charge in [0.15, 0.2) is 0 Å². The summed E-state index contributed by atoms with van der Waals surface area (Å²) in [6, 6.07) is 15.1. The molecule has 3 rings (SSSR count). The summed E-state index contributed by atoms with van der Waals surface area (Å²) in [6.07, 6.45) is 0. The minimum Gasteiger partial charge on any atom is -0.307 e. The molecule has 4 heteroatoms. The van der Waals surface area contributed by atoms with Gasteiger partial charge in [-0.15, -0.1) is 0 Å². The van der Waals surface area contributed by atoms with E-state index in [1.165, 1.54) is 12.1 Å². The van der Waals surface area contributed by atoms with E-state index in [0.717, 1.165) is 5.69 Å². The highest BCUT2D eigenvalue weighted by Gasteiger charge is 2.12. The van der Waals surface area contributed by atoms with E-state index >= 15 is 0 Å². The van der Waals surface area contributed by atoms with Crippen LogP contribution in [0.3, 0.4) is 0 Å². The summed E-state index contributed by atoms with van der Waals surface area (Å²) in [5.74, 6) is -0.159. The number of anilines is 1. The highest BCUT2D eigenvalue weighted by atomic mass is 19.1. The number of benzene rings is 2. The summed E-state index contributed by atoms with van der Waals surface area (Å²) in [5, 5.41) is 3.76. The number of aryl methyl sites for hydroxylation is 1. The predicted molar refractivity (Wildman–Crippen MR) is 80.8 cm³/mol. The van der Waals surface area contributed by atoms with E-state index in [-0.39, 0.29) is 11.7 Å². The van der Waals surface area contributed by atoms with E-state index in [2.05, 4.69) is 10.3 Å². The Bertz CT molecular complexity index is 830. The van der Waals surface area contributed by atoms with Gasteiger partial charge in [0.05, 0.1) is 0 Å². The third kappa shape index (κ3) is 2.60. The molecule has 0 aliphatic carbocycles. The minimum absolute atomic E-state index is 0.302. The van der Waals surface area contributed by atoms with Gasteiger partial charge < -0.3 is 5.32 Å². The van der Waals surface area contributed by atoms with E-state index < -0.39 is 0 Å². The number of carbonyl (C=O) groups excluding carboxylic acids is 1. The lowest BCUT2D eigenvalue weighted by atomic mass is 10.0. The van der Waals surface area contributed by atoms with Gasteiger partial charge in [0.2, 0.25) is 0 Å². The summed E-state index contributed by atoms with van der Waals surface area (Å²) in [7, 11) is 0. The van der Waals surface area contributed by atoms with Crippen LogP contribution in [0.2, 0.25) is 0 Å². The average Bonchev–Trinajstić information content (AvgIpc) is 2.48. The topological polar surface area (TPSA) is 42.0 Å². The first-order chi connectivity index (χ1) is 10.1. The predicted octanol–water partition coefficient (Wildman–Crippen LogP) is 3.93. The largest absolute Gasteiger partial charge is 0.307 e. The molecule has 0 fully saturated rings. The van der Waals surface area contributed by atoms with Crippen molar-refractivity contribution in [2.45, 2.75) is 6.92 Å². The Labute approximate surface area is 121 Å². The van der Waals surface area contributed by atoms with Crippen LogP contribution < -0.4 is 5.32 Å². The first-order valence-corrected chi connectivity index (χ1v) is 6.57. The third-order valence-electron chi connectivity index (χ3n) is 3.25. The lowest BCUT2D eigenvalue weighted by molar-refractivity contribution is 0.102. The molecule has 3 aromatic rings. The first-order valence-electron chi connectivity index (χ1n) is 6.57. The molecular weight excluding hydrogens is 267 g/mol. The number of rotatable bonds is 2. The summed E-state index contributed by atoms with van der Waals surface area (Å²) in [6.45, 7) is 1.85. The van der Waals surface area contributed by atoms with E-state index in [1.54, 1.807) is 30.3 Å². The van der Waals surface area contributed by atoms with Gasteiger partial charge in [-0.25, -0.2) is 9.37 Å². The zero-order valence-electron chi connectivity index (χ0n) is 11.4. The second-order valence-electron chi connectivity index (χ2n) is 4.76. The monoisotopic (exact) mass is 280 g/mol. The van der Waals surface area contributed by atoms with Crippen molar-refractivity contribution in [2.75, 3.05) is 5.32 Å². The second-order valence-corrected chi connectivity index (χ2v) is 4.76. The lowest BCUT2D eigenvalue weighted by Gasteiger charge is -2.08. The molecule has 0 aliphatic rings. The average molecular weight is 280 g/mol. The molecule has 1 aromatic heterocycles. The van der Waals surface area contributed by atoms with Gasteiger partial charge in [-0.1, -0.05) is 30.3 Å². The Morgan fingerprint density at radius 3 is 2.52 bits per heavy atom. The van der Waals surface area contributed by atoms with Gasteiger partial charge in [-0.2, -0.15) is 0 Å². The second kappa shape index (κ2) is 5.32. The maximum Gasteiger partial charge on any atom is 0.257 e. The number of amides is 1. The van der Waals surface area contributed by atoms with Crippen molar-refractivity contribution in [1.29, 1.82) is 0 Å². The zero-order chi connectivity index (χ0) is 14.8. The molecule has 1 amide bonds. The van der Waals surface area contributed by atoms with Crippen molar-refractivity contribution in [2.24, 2.45) is 0 Å². The highest BCUT2D eigenvalue weighted by Crippen LogP contribution is 2.22. The van der Waals surface area contributed by atoms with E-state index in [4.69, 9.17) is 0 Å². The first kappa shape index (κ1) is 13.2. The fraction of sp³-hybridized carbons (Fsp3) is 0.0588. The molecule has 0 radical (unpaired) electrons. The van der Waals surface area contributed by atoms with Crippen LogP contribution in [0.15, 0.2) is 54.6 Å². The Balaban J connectivity index is 2.01. The molecule has 0 unspecified atom stereocenters. The molecule has 1 heterocycles. The summed E-state index contributed by atoms with van der Waals surface area (Å²) < 4.78 is 13.8. The fourth-order valence-corrected chi connectivity index (χ4v) is 2.26. The Morgan fingerprint density at radius 2 is 1.76 bits per heavy atom. The number of nitrogens with one attached hydrogen (secondary N) is 1. The van der Waals surface area contributed by atoms with Crippen LogP contribution in [-0.2, 0) is 0 Å². The van der Waals surface area contributed by atoms with Crippen molar-refractivity contribution < 1.29 is 9.18 Å². The van der Waals surface area contributed by atoms with Crippen LogP contribution >= 0.6 is 0 Å². The smallest absolute Gasteiger partial charge is 0.257 e. The Hall–Kier alpha value is -2.75. The molecule has 104 valence electrons. The number of fused-ring (bicyclic) bond motifs is 1. The third-order valence-corrected chi connectivity index (χ3v) is 3.25. The molecule has 0 spiro atoms. The van der Waals surface area contributed by atoms with Crippen molar-refractivity contribution in [3.8, 4) is 0 Å². The van der Waals surface area contributed by atoms with Crippen LogP contribution in [0, 0.1) is 12.7 Å². The highest BCUT2D eigenvalue weighted by molar-refractivity contribution is 6.12. The maximum atomic E-state index is 13.8. The molecule has 0 atom stereocenters. The quantitative estimate of drug-likeness (QED) is 0.772. The van der Waals surface area contributed by atoms with E-state index in [0.29, 0.717) is 22.2 Å². The molecule has 0 saturated heterocycles.